The molecule has 1 heterocycles. The molecule has 1 aromatic heterocycles. The van der Waals surface area contributed by atoms with Gasteiger partial charge in [-0.1, -0.05) is 6.92 Å². The van der Waals surface area contributed by atoms with Crippen LogP contribution < -0.4 is 16.0 Å². The lowest BCUT2D eigenvalue weighted by Crippen LogP contribution is -2.10. The van der Waals surface area contributed by atoms with Crippen molar-refractivity contribution in [3.05, 3.63) is 36.0 Å². The molecule has 2 rings (SSSR count). The molecule has 5 heteroatoms. The van der Waals surface area contributed by atoms with E-state index < -0.39 is 0 Å². The average Bonchev–Trinajstić information content (AvgIpc) is 2.46. The summed E-state index contributed by atoms with van der Waals surface area (Å²) in [4.78, 5) is 8.29. The van der Waals surface area contributed by atoms with Crippen molar-refractivity contribution in [1.82, 2.24) is 9.97 Å². The molecule has 0 saturated heterocycles. The molecule has 0 radical (unpaired) electrons. The van der Waals surface area contributed by atoms with Crippen LogP contribution >= 0.6 is 0 Å². The number of methoxy groups -OCH3 is 1. The Morgan fingerprint density at radius 1 is 1.33 bits per heavy atom. The number of nitrogen functional groups attached to an aromatic ring is 1. The third-order valence-electron chi connectivity index (χ3n) is 2.74. The van der Waals surface area contributed by atoms with Crippen LogP contribution in [-0.4, -0.2) is 17.1 Å². The van der Waals surface area contributed by atoms with E-state index in [1.54, 1.807) is 13.3 Å². The highest BCUT2D eigenvalue weighted by molar-refractivity contribution is 5.62. The van der Waals surface area contributed by atoms with Gasteiger partial charge in [0.15, 0.2) is 0 Å². The van der Waals surface area contributed by atoms with Crippen molar-refractivity contribution in [2.45, 2.75) is 13.3 Å². The van der Waals surface area contributed by atoms with Crippen molar-refractivity contribution in [3.8, 4) is 17.0 Å². The summed E-state index contributed by atoms with van der Waals surface area (Å²) in [5.74, 6) is 6.60. The van der Waals surface area contributed by atoms with Crippen LogP contribution in [0.5, 0.6) is 5.75 Å². The summed E-state index contributed by atoms with van der Waals surface area (Å²) in [5.41, 5.74) is 5.44. The van der Waals surface area contributed by atoms with Crippen molar-refractivity contribution in [2.75, 3.05) is 12.5 Å². The lowest BCUT2D eigenvalue weighted by molar-refractivity contribution is 0.410. The second kappa shape index (κ2) is 5.46. The number of hydrogen-bond acceptors (Lipinski definition) is 5. The summed E-state index contributed by atoms with van der Waals surface area (Å²) in [6.45, 7) is 2.09. The fraction of sp³-hybridized carbons (Fsp3) is 0.231. The summed E-state index contributed by atoms with van der Waals surface area (Å²) < 4.78 is 5.31. The standard InChI is InChI=1S/C13H16N4O/c1-3-9-8-10(4-5-12(9)18-2)11-6-7-15-13(16-11)17-14/h4-8H,3,14H2,1-2H3,(H,15,16,17). The van der Waals surface area contributed by atoms with E-state index in [-0.39, 0.29) is 0 Å². The summed E-state index contributed by atoms with van der Waals surface area (Å²) in [7, 11) is 1.68. The number of hydrazine groups is 1. The highest BCUT2D eigenvalue weighted by Crippen LogP contribution is 2.26. The van der Waals surface area contributed by atoms with Crippen LogP contribution in [0.15, 0.2) is 30.5 Å². The van der Waals surface area contributed by atoms with Gasteiger partial charge in [-0.2, -0.15) is 0 Å². The summed E-state index contributed by atoms with van der Waals surface area (Å²) in [5, 5.41) is 0. The van der Waals surface area contributed by atoms with Crippen LogP contribution in [-0.2, 0) is 6.42 Å². The van der Waals surface area contributed by atoms with Crippen LogP contribution in [0.2, 0.25) is 0 Å². The molecular formula is C13H16N4O. The number of ether oxygens (including phenoxy) is 1. The largest absolute Gasteiger partial charge is 0.496 e. The van der Waals surface area contributed by atoms with Gasteiger partial charge in [0.05, 0.1) is 12.8 Å². The molecule has 0 spiro atoms. The Bertz CT molecular complexity index is 542. The summed E-state index contributed by atoms with van der Waals surface area (Å²) >= 11 is 0. The maximum absolute atomic E-state index is 5.31. The maximum Gasteiger partial charge on any atom is 0.237 e. The molecule has 2 aromatic rings. The maximum atomic E-state index is 5.31. The predicted octanol–water partition coefficient (Wildman–Crippen LogP) is 2.00. The molecule has 0 aliphatic heterocycles. The molecule has 0 atom stereocenters. The Balaban J connectivity index is 2.43. The van der Waals surface area contributed by atoms with Gasteiger partial charge in [0.2, 0.25) is 5.95 Å². The molecule has 0 saturated carbocycles. The molecule has 0 bridgehead atoms. The van der Waals surface area contributed by atoms with Crippen LogP contribution in [0.25, 0.3) is 11.3 Å². The molecule has 0 fully saturated rings. The van der Waals surface area contributed by atoms with Crippen LogP contribution in [0, 0.1) is 0 Å². The Hall–Kier alpha value is -2.14. The van der Waals surface area contributed by atoms with Crippen molar-refractivity contribution < 1.29 is 4.74 Å². The highest BCUT2D eigenvalue weighted by atomic mass is 16.5. The minimum absolute atomic E-state index is 0.404. The van der Waals surface area contributed by atoms with Crippen molar-refractivity contribution in [3.63, 3.8) is 0 Å². The van der Waals surface area contributed by atoms with Crippen molar-refractivity contribution >= 4 is 5.95 Å². The van der Waals surface area contributed by atoms with Gasteiger partial charge in [-0.15, -0.1) is 0 Å². The third kappa shape index (κ3) is 2.41. The lowest BCUT2D eigenvalue weighted by Gasteiger charge is -2.09. The Morgan fingerprint density at radius 2 is 2.17 bits per heavy atom. The first-order valence-corrected chi connectivity index (χ1v) is 5.75. The number of nitrogens with one attached hydrogen (secondary N) is 1. The molecular weight excluding hydrogens is 228 g/mol. The van der Waals surface area contributed by atoms with Gasteiger partial charge in [-0.25, -0.2) is 15.8 Å². The molecule has 0 aliphatic carbocycles. The first-order valence-electron chi connectivity index (χ1n) is 5.75. The smallest absolute Gasteiger partial charge is 0.237 e. The van der Waals surface area contributed by atoms with E-state index >= 15 is 0 Å². The van der Waals surface area contributed by atoms with E-state index in [1.165, 1.54) is 0 Å². The normalized spacial score (nSPS) is 10.2. The van der Waals surface area contributed by atoms with Gasteiger partial charge < -0.3 is 4.74 Å². The van der Waals surface area contributed by atoms with Gasteiger partial charge in [0, 0.05) is 11.8 Å². The summed E-state index contributed by atoms with van der Waals surface area (Å²) in [6.07, 6.45) is 2.58. The molecule has 0 aliphatic rings. The number of aryl methyl sites for hydroxylation is 1. The first kappa shape index (κ1) is 12.3. The molecule has 3 N–H and O–H groups in total. The van der Waals surface area contributed by atoms with Gasteiger partial charge >= 0.3 is 0 Å². The first-order chi connectivity index (χ1) is 8.78. The fourth-order valence-electron chi connectivity index (χ4n) is 1.80. The van der Waals surface area contributed by atoms with E-state index in [0.29, 0.717) is 5.95 Å². The van der Waals surface area contributed by atoms with Gasteiger partial charge in [-0.3, -0.25) is 5.43 Å². The van der Waals surface area contributed by atoms with Gasteiger partial charge in [-0.05, 0) is 36.2 Å². The van der Waals surface area contributed by atoms with Crippen LogP contribution in [0.3, 0.4) is 0 Å². The molecule has 0 unspecified atom stereocenters. The van der Waals surface area contributed by atoms with E-state index in [1.807, 2.05) is 18.2 Å². The number of hydrogen-bond donors (Lipinski definition) is 2. The second-order valence-corrected chi connectivity index (χ2v) is 3.79. The van der Waals surface area contributed by atoms with Gasteiger partial charge in [0.1, 0.15) is 5.75 Å². The van der Waals surface area contributed by atoms with Crippen molar-refractivity contribution in [2.24, 2.45) is 5.84 Å². The third-order valence-corrected chi connectivity index (χ3v) is 2.74. The zero-order valence-electron chi connectivity index (χ0n) is 10.5. The number of nitrogens with two attached hydrogens (primary N) is 1. The molecule has 1 aromatic carbocycles. The topological polar surface area (TPSA) is 73.1 Å². The number of nitrogens with zero attached hydrogens (tertiary/aromatic N) is 2. The zero-order chi connectivity index (χ0) is 13.0. The number of aromatic nitrogens is 2. The Morgan fingerprint density at radius 3 is 2.83 bits per heavy atom. The lowest BCUT2D eigenvalue weighted by atomic mass is 10.1. The van der Waals surface area contributed by atoms with Crippen LogP contribution in [0.1, 0.15) is 12.5 Å². The quantitative estimate of drug-likeness (QED) is 0.635. The average molecular weight is 244 g/mol. The minimum atomic E-state index is 0.404. The molecule has 5 nitrogen and oxygen atoms in total. The zero-order valence-corrected chi connectivity index (χ0v) is 10.5. The SMILES string of the molecule is CCc1cc(-c2ccnc(NN)n2)ccc1OC. The highest BCUT2D eigenvalue weighted by Gasteiger charge is 2.06. The molecule has 94 valence electrons. The Kier molecular flexibility index (Phi) is 3.74. The monoisotopic (exact) mass is 244 g/mol. The van der Waals surface area contributed by atoms with E-state index in [9.17, 15) is 0 Å². The number of benzene rings is 1. The predicted molar refractivity (Wildman–Crippen MR) is 71.2 cm³/mol. The van der Waals surface area contributed by atoms with Crippen LogP contribution in [0.4, 0.5) is 5.95 Å². The second-order valence-electron chi connectivity index (χ2n) is 3.79. The van der Waals surface area contributed by atoms with E-state index in [2.05, 4.69) is 28.4 Å². The summed E-state index contributed by atoms with van der Waals surface area (Å²) in [6, 6.07) is 7.84. The van der Waals surface area contributed by atoms with E-state index in [4.69, 9.17) is 10.6 Å². The Labute approximate surface area is 106 Å². The van der Waals surface area contributed by atoms with Gasteiger partial charge in [0.25, 0.3) is 0 Å². The van der Waals surface area contributed by atoms with Crippen molar-refractivity contribution in [1.29, 1.82) is 0 Å². The van der Waals surface area contributed by atoms with E-state index in [0.717, 1.165) is 29.0 Å². The molecule has 18 heavy (non-hydrogen) atoms. The number of rotatable bonds is 4. The fourth-order valence-corrected chi connectivity index (χ4v) is 1.80. The minimum Gasteiger partial charge on any atom is -0.496 e. The molecule has 0 amide bonds. The number of anilines is 1.